The molecule has 2 aromatic carbocycles. The standard InChI is InChI=1S/C19H23N3O2.ClH/c20-10-11-21-18(23)15-8-12-22(13-9-15)19(24)17-7-3-5-14-4-1-2-6-16(14)17;/h1-7,15H,8-13,20H2,(H,21,23);1H. The van der Waals surface area contributed by atoms with Gasteiger partial charge in [-0.25, -0.2) is 0 Å². The van der Waals surface area contributed by atoms with Gasteiger partial charge in [0.25, 0.3) is 5.91 Å². The van der Waals surface area contributed by atoms with Gasteiger partial charge in [-0.15, -0.1) is 12.4 Å². The van der Waals surface area contributed by atoms with Crippen LogP contribution in [0.25, 0.3) is 10.8 Å². The zero-order chi connectivity index (χ0) is 16.9. The third-order valence-electron chi connectivity index (χ3n) is 4.62. The molecule has 2 amide bonds. The summed E-state index contributed by atoms with van der Waals surface area (Å²) in [6.07, 6.45) is 1.40. The predicted molar refractivity (Wildman–Crippen MR) is 102 cm³/mol. The van der Waals surface area contributed by atoms with Crippen molar-refractivity contribution in [2.75, 3.05) is 26.2 Å². The van der Waals surface area contributed by atoms with Gasteiger partial charge in [-0.1, -0.05) is 36.4 Å². The van der Waals surface area contributed by atoms with Crippen LogP contribution >= 0.6 is 12.4 Å². The zero-order valence-electron chi connectivity index (χ0n) is 14.1. The number of benzene rings is 2. The van der Waals surface area contributed by atoms with Crippen LogP contribution in [-0.4, -0.2) is 42.9 Å². The van der Waals surface area contributed by atoms with Crippen LogP contribution in [0.15, 0.2) is 42.5 Å². The van der Waals surface area contributed by atoms with Crippen LogP contribution in [-0.2, 0) is 4.79 Å². The Balaban J connectivity index is 0.00000225. The molecule has 5 nitrogen and oxygen atoms in total. The van der Waals surface area contributed by atoms with Crippen molar-refractivity contribution >= 4 is 35.0 Å². The van der Waals surface area contributed by atoms with E-state index in [0.29, 0.717) is 39.0 Å². The number of likely N-dealkylation sites (tertiary alicyclic amines) is 1. The van der Waals surface area contributed by atoms with Gasteiger partial charge < -0.3 is 16.0 Å². The number of amides is 2. The molecular weight excluding hydrogens is 338 g/mol. The maximum Gasteiger partial charge on any atom is 0.254 e. The maximum absolute atomic E-state index is 12.9. The van der Waals surface area contributed by atoms with Crippen LogP contribution < -0.4 is 11.1 Å². The number of hydrogen-bond donors (Lipinski definition) is 2. The fraction of sp³-hybridized carbons (Fsp3) is 0.368. The van der Waals surface area contributed by atoms with Crippen molar-refractivity contribution < 1.29 is 9.59 Å². The fourth-order valence-electron chi connectivity index (χ4n) is 3.27. The molecule has 25 heavy (non-hydrogen) atoms. The first kappa shape index (κ1) is 19.2. The number of carbonyl (C=O) groups excluding carboxylic acids is 2. The Bertz CT molecular complexity index is 737. The Morgan fingerprint density at radius 3 is 2.48 bits per heavy atom. The van der Waals surface area contributed by atoms with Crippen LogP contribution in [0.5, 0.6) is 0 Å². The summed E-state index contributed by atoms with van der Waals surface area (Å²) in [5, 5.41) is 4.88. The van der Waals surface area contributed by atoms with Crippen molar-refractivity contribution in [1.29, 1.82) is 0 Å². The van der Waals surface area contributed by atoms with E-state index in [9.17, 15) is 9.59 Å². The van der Waals surface area contributed by atoms with Gasteiger partial charge in [0.15, 0.2) is 0 Å². The van der Waals surface area contributed by atoms with Gasteiger partial charge >= 0.3 is 0 Å². The van der Waals surface area contributed by atoms with Crippen molar-refractivity contribution in [2.45, 2.75) is 12.8 Å². The van der Waals surface area contributed by atoms with Gasteiger partial charge in [0.05, 0.1) is 0 Å². The molecule has 2 aromatic rings. The van der Waals surface area contributed by atoms with E-state index >= 15 is 0 Å². The van der Waals surface area contributed by atoms with Gasteiger partial charge in [0.1, 0.15) is 0 Å². The average Bonchev–Trinajstić information content (AvgIpc) is 2.65. The fourth-order valence-corrected chi connectivity index (χ4v) is 3.27. The van der Waals surface area contributed by atoms with Crippen LogP contribution in [0.3, 0.4) is 0 Å². The lowest BCUT2D eigenvalue weighted by Crippen LogP contribution is -2.43. The summed E-state index contributed by atoms with van der Waals surface area (Å²) >= 11 is 0. The van der Waals surface area contributed by atoms with Gasteiger partial charge in [-0.05, 0) is 29.7 Å². The van der Waals surface area contributed by atoms with Gasteiger partial charge in [0.2, 0.25) is 5.91 Å². The van der Waals surface area contributed by atoms with Crippen molar-refractivity contribution in [2.24, 2.45) is 11.7 Å². The molecule has 3 N–H and O–H groups in total. The monoisotopic (exact) mass is 361 g/mol. The number of nitrogens with zero attached hydrogens (tertiary/aromatic N) is 1. The lowest BCUT2D eigenvalue weighted by Gasteiger charge is -2.31. The average molecular weight is 362 g/mol. The third kappa shape index (κ3) is 4.30. The molecule has 0 aliphatic carbocycles. The number of nitrogens with one attached hydrogen (secondary N) is 1. The molecule has 0 atom stereocenters. The molecule has 1 saturated heterocycles. The van der Waals surface area contributed by atoms with E-state index in [1.54, 1.807) is 0 Å². The smallest absolute Gasteiger partial charge is 0.254 e. The first-order valence-electron chi connectivity index (χ1n) is 8.45. The third-order valence-corrected chi connectivity index (χ3v) is 4.62. The molecule has 3 rings (SSSR count). The molecule has 0 saturated carbocycles. The minimum atomic E-state index is -0.0203. The van der Waals surface area contributed by atoms with Crippen LogP contribution in [0.1, 0.15) is 23.2 Å². The van der Waals surface area contributed by atoms with Crippen molar-refractivity contribution in [3.8, 4) is 0 Å². The zero-order valence-corrected chi connectivity index (χ0v) is 14.9. The molecule has 1 aliphatic rings. The highest BCUT2D eigenvalue weighted by atomic mass is 35.5. The highest BCUT2D eigenvalue weighted by molar-refractivity contribution is 6.07. The molecule has 134 valence electrons. The topological polar surface area (TPSA) is 75.4 Å². The molecule has 1 heterocycles. The Morgan fingerprint density at radius 1 is 1.08 bits per heavy atom. The molecule has 0 bridgehead atoms. The van der Waals surface area contributed by atoms with E-state index < -0.39 is 0 Å². The number of halogens is 1. The van der Waals surface area contributed by atoms with Crippen molar-refractivity contribution in [3.05, 3.63) is 48.0 Å². The number of rotatable bonds is 4. The predicted octanol–water partition coefficient (Wildman–Crippen LogP) is 2.19. The molecule has 0 aromatic heterocycles. The summed E-state index contributed by atoms with van der Waals surface area (Å²) in [7, 11) is 0. The Labute approximate surface area is 154 Å². The summed E-state index contributed by atoms with van der Waals surface area (Å²) < 4.78 is 0. The van der Waals surface area contributed by atoms with E-state index in [1.165, 1.54) is 0 Å². The number of hydrogen-bond acceptors (Lipinski definition) is 3. The molecular formula is C19H24ClN3O2. The van der Waals surface area contributed by atoms with E-state index in [2.05, 4.69) is 5.32 Å². The lowest BCUT2D eigenvalue weighted by atomic mass is 9.95. The number of fused-ring (bicyclic) bond motifs is 1. The number of carbonyl (C=O) groups is 2. The van der Waals surface area contributed by atoms with Crippen molar-refractivity contribution in [3.63, 3.8) is 0 Å². The van der Waals surface area contributed by atoms with E-state index in [1.807, 2.05) is 47.4 Å². The van der Waals surface area contributed by atoms with Gasteiger partial charge in [0, 0.05) is 37.7 Å². The summed E-state index contributed by atoms with van der Waals surface area (Å²) in [6.45, 7) is 2.18. The number of nitrogens with two attached hydrogens (primary N) is 1. The minimum Gasteiger partial charge on any atom is -0.355 e. The van der Waals surface area contributed by atoms with E-state index in [-0.39, 0.29) is 30.1 Å². The van der Waals surface area contributed by atoms with Crippen molar-refractivity contribution in [1.82, 2.24) is 10.2 Å². The highest BCUT2D eigenvalue weighted by Gasteiger charge is 2.28. The first-order chi connectivity index (χ1) is 11.7. The summed E-state index contributed by atoms with van der Waals surface area (Å²) in [6, 6.07) is 13.7. The maximum atomic E-state index is 12.9. The Hall–Kier alpha value is -2.11. The van der Waals surface area contributed by atoms with E-state index in [4.69, 9.17) is 5.73 Å². The highest BCUT2D eigenvalue weighted by Crippen LogP contribution is 2.23. The van der Waals surface area contributed by atoms with Crippen LogP contribution in [0, 0.1) is 5.92 Å². The van der Waals surface area contributed by atoms with Gasteiger partial charge in [-0.3, -0.25) is 9.59 Å². The molecule has 1 fully saturated rings. The quantitative estimate of drug-likeness (QED) is 0.876. The Kier molecular flexibility index (Phi) is 6.79. The molecule has 0 unspecified atom stereocenters. The molecule has 6 heteroatoms. The SMILES string of the molecule is Cl.NCCNC(=O)C1CCN(C(=O)c2cccc3ccccc23)CC1. The second-order valence-electron chi connectivity index (χ2n) is 6.17. The lowest BCUT2D eigenvalue weighted by molar-refractivity contribution is -0.126. The first-order valence-corrected chi connectivity index (χ1v) is 8.45. The largest absolute Gasteiger partial charge is 0.355 e. The Morgan fingerprint density at radius 2 is 1.76 bits per heavy atom. The van der Waals surface area contributed by atoms with Crippen LogP contribution in [0.2, 0.25) is 0 Å². The minimum absolute atomic E-state index is 0. The second kappa shape index (κ2) is 8.83. The second-order valence-corrected chi connectivity index (χ2v) is 6.17. The molecule has 1 aliphatic heterocycles. The summed E-state index contributed by atoms with van der Waals surface area (Å²) in [4.78, 5) is 26.7. The number of piperidine rings is 1. The summed E-state index contributed by atoms with van der Waals surface area (Å²) in [5.41, 5.74) is 6.15. The summed E-state index contributed by atoms with van der Waals surface area (Å²) in [5.74, 6) is 0.0819. The van der Waals surface area contributed by atoms with Crippen LogP contribution in [0.4, 0.5) is 0 Å². The van der Waals surface area contributed by atoms with Gasteiger partial charge in [-0.2, -0.15) is 0 Å². The normalized spacial score (nSPS) is 14.8. The molecule has 0 spiro atoms. The molecule has 0 radical (unpaired) electrons. The van der Waals surface area contributed by atoms with E-state index in [0.717, 1.165) is 16.3 Å².